The van der Waals surface area contributed by atoms with Gasteiger partial charge in [0.2, 0.25) is 11.8 Å². The number of benzene rings is 1. The van der Waals surface area contributed by atoms with Crippen LogP contribution in [0.4, 0.5) is 0 Å². The standard InChI is InChI=1S/C17H18N2O4/c1-10-2-4-11(5-3-10)16-19-12(9-23-16)6-7-18-15(20)13-8-14(13)17(21)22/h2-5,9,13-14H,6-8H2,1H3,(H,18,20)(H,21,22). The zero-order valence-corrected chi connectivity index (χ0v) is 12.8. The number of carboxylic acids is 1. The first-order valence-electron chi connectivity index (χ1n) is 7.56. The van der Waals surface area contributed by atoms with E-state index in [0.29, 0.717) is 25.3 Å². The Morgan fingerprint density at radius 2 is 2.04 bits per heavy atom. The summed E-state index contributed by atoms with van der Waals surface area (Å²) in [5.41, 5.74) is 2.84. The first-order valence-corrected chi connectivity index (χ1v) is 7.56. The molecule has 1 heterocycles. The maximum Gasteiger partial charge on any atom is 0.307 e. The number of aromatic nitrogens is 1. The number of oxazole rings is 1. The zero-order valence-electron chi connectivity index (χ0n) is 12.8. The Bertz CT molecular complexity index is 720. The molecule has 23 heavy (non-hydrogen) atoms. The predicted molar refractivity (Wildman–Crippen MR) is 82.6 cm³/mol. The summed E-state index contributed by atoms with van der Waals surface area (Å²) in [6.07, 6.45) is 2.56. The van der Waals surface area contributed by atoms with Crippen LogP contribution in [0, 0.1) is 18.8 Å². The van der Waals surface area contributed by atoms with Crippen molar-refractivity contribution in [2.45, 2.75) is 19.8 Å². The third kappa shape index (κ3) is 3.59. The van der Waals surface area contributed by atoms with Gasteiger partial charge in [-0.3, -0.25) is 9.59 Å². The highest BCUT2D eigenvalue weighted by atomic mass is 16.4. The van der Waals surface area contributed by atoms with Crippen LogP contribution in [0.15, 0.2) is 34.9 Å². The third-order valence-electron chi connectivity index (χ3n) is 3.98. The number of nitrogens with zero attached hydrogens (tertiary/aromatic N) is 1. The molecule has 2 aromatic rings. The Balaban J connectivity index is 1.49. The second-order valence-electron chi connectivity index (χ2n) is 5.84. The third-order valence-corrected chi connectivity index (χ3v) is 3.98. The summed E-state index contributed by atoms with van der Waals surface area (Å²) in [5.74, 6) is -1.44. The highest BCUT2D eigenvalue weighted by Gasteiger charge is 2.48. The Hall–Kier alpha value is -2.63. The van der Waals surface area contributed by atoms with Crippen LogP contribution < -0.4 is 5.32 Å². The van der Waals surface area contributed by atoms with Crippen LogP contribution in [0.5, 0.6) is 0 Å². The number of carbonyl (C=O) groups is 2. The summed E-state index contributed by atoms with van der Waals surface area (Å²) < 4.78 is 5.45. The molecule has 1 aliphatic carbocycles. The normalized spacial score (nSPS) is 19.3. The molecule has 0 saturated heterocycles. The molecular formula is C17H18N2O4. The minimum Gasteiger partial charge on any atom is -0.481 e. The maximum atomic E-state index is 11.8. The van der Waals surface area contributed by atoms with E-state index in [1.54, 1.807) is 6.26 Å². The Morgan fingerprint density at radius 1 is 1.30 bits per heavy atom. The lowest BCUT2D eigenvalue weighted by atomic mass is 10.1. The molecule has 1 amide bonds. The molecule has 0 bridgehead atoms. The molecule has 6 nitrogen and oxygen atoms in total. The van der Waals surface area contributed by atoms with Gasteiger partial charge >= 0.3 is 5.97 Å². The molecule has 2 unspecified atom stereocenters. The van der Waals surface area contributed by atoms with Gasteiger partial charge in [-0.25, -0.2) is 4.98 Å². The molecule has 120 valence electrons. The monoisotopic (exact) mass is 314 g/mol. The molecular weight excluding hydrogens is 296 g/mol. The summed E-state index contributed by atoms with van der Waals surface area (Å²) in [4.78, 5) is 26.9. The molecule has 1 fully saturated rings. The van der Waals surface area contributed by atoms with E-state index in [0.717, 1.165) is 11.3 Å². The van der Waals surface area contributed by atoms with E-state index in [-0.39, 0.29) is 11.8 Å². The van der Waals surface area contributed by atoms with Crippen molar-refractivity contribution < 1.29 is 19.1 Å². The van der Waals surface area contributed by atoms with Crippen molar-refractivity contribution in [2.75, 3.05) is 6.54 Å². The average Bonchev–Trinajstić information content (AvgIpc) is 3.21. The SMILES string of the molecule is Cc1ccc(-c2nc(CCNC(=O)C3CC3C(=O)O)co2)cc1. The maximum absolute atomic E-state index is 11.8. The number of carboxylic acid groups (broad SMARTS) is 1. The van der Waals surface area contributed by atoms with E-state index in [9.17, 15) is 9.59 Å². The fourth-order valence-electron chi connectivity index (χ4n) is 2.45. The van der Waals surface area contributed by atoms with Crippen molar-refractivity contribution in [1.29, 1.82) is 0 Å². The molecule has 1 aromatic carbocycles. The van der Waals surface area contributed by atoms with Crippen molar-refractivity contribution in [2.24, 2.45) is 11.8 Å². The van der Waals surface area contributed by atoms with Gasteiger partial charge in [0.05, 0.1) is 17.5 Å². The zero-order chi connectivity index (χ0) is 16.4. The minimum absolute atomic E-state index is 0.195. The predicted octanol–water partition coefficient (Wildman–Crippen LogP) is 2.03. The van der Waals surface area contributed by atoms with Crippen LogP contribution in [-0.2, 0) is 16.0 Å². The molecule has 0 radical (unpaired) electrons. The van der Waals surface area contributed by atoms with Crippen molar-refractivity contribution in [3.05, 3.63) is 41.8 Å². The number of amides is 1. The molecule has 1 aromatic heterocycles. The Morgan fingerprint density at radius 3 is 2.70 bits per heavy atom. The van der Waals surface area contributed by atoms with Crippen molar-refractivity contribution in [3.63, 3.8) is 0 Å². The second-order valence-corrected chi connectivity index (χ2v) is 5.84. The van der Waals surface area contributed by atoms with E-state index in [4.69, 9.17) is 9.52 Å². The van der Waals surface area contributed by atoms with E-state index in [1.807, 2.05) is 31.2 Å². The number of aliphatic carboxylic acids is 1. The van der Waals surface area contributed by atoms with Gasteiger partial charge in [0.25, 0.3) is 0 Å². The van der Waals surface area contributed by atoms with Crippen LogP contribution >= 0.6 is 0 Å². The van der Waals surface area contributed by atoms with Gasteiger partial charge < -0.3 is 14.8 Å². The summed E-state index contributed by atoms with van der Waals surface area (Å²) in [6, 6.07) is 7.89. The van der Waals surface area contributed by atoms with Crippen LogP contribution in [0.2, 0.25) is 0 Å². The first kappa shape index (κ1) is 15.3. The van der Waals surface area contributed by atoms with Crippen molar-refractivity contribution >= 4 is 11.9 Å². The van der Waals surface area contributed by atoms with E-state index in [1.165, 1.54) is 5.56 Å². The van der Waals surface area contributed by atoms with Crippen LogP contribution in [0.3, 0.4) is 0 Å². The van der Waals surface area contributed by atoms with Gasteiger partial charge in [0.1, 0.15) is 6.26 Å². The molecule has 1 aliphatic rings. The number of carbonyl (C=O) groups excluding carboxylic acids is 1. The summed E-state index contributed by atoms with van der Waals surface area (Å²) >= 11 is 0. The molecule has 6 heteroatoms. The van der Waals surface area contributed by atoms with Gasteiger partial charge in [-0.1, -0.05) is 17.7 Å². The quantitative estimate of drug-likeness (QED) is 0.851. The van der Waals surface area contributed by atoms with Crippen molar-refractivity contribution in [1.82, 2.24) is 10.3 Å². The average molecular weight is 314 g/mol. The molecule has 3 rings (SSSR count). The lowest BCUT2D eigenvalue weighted by Gasteiger charge is -2.02. The lowest BCUT2D eigenvalue weighted by molar-refractivity contribution is -0.140. The summed E-state index contributed by atoms with van der Waals surface area (Å²) in [6.45, 7) is 2.43. The summed E-state index contributed by atoms with van der Waals surface area (Å²) in [5, 5.41) is 11.6. The van der Waals surface area contributed by atoms with Crippen molar-refractivity contribution in [3.8, 4) is 11.5 Å². The van der Waals surface area contributed by atoms with E-state index >= 15 is 0 Å². The Labute approximate surface area is 133 Å². The van der Waals surface area contributed by atoms with Gasteiger partial charge in [0, 0.05) is 18.5 Å². The van der Waals surface area contributed by atoms with Gasteiger partial charge in [0.15, 0.2) is 0 Å². The summed E-state index contributed by atoms with van der Waals surface area (Å²) in [7, 11) is 0. The smallest absolute Gasteiger partial charge is 0.307 e. The van der Waals surface area contributed by atoms with Gasteiger partial charge in [-0.2, -0.15) is 0 Å². The number of hydrogen-bond donors (Lipinski definition) is 2. The fraction of sp³-hybridized carbons (Fsp3) is 0.353. The fourth-order valence-corrected chi connectivity index (χ4v) is 2.45. The molecule has 2 atom stereocenters. The molecule has 2 N–H and O–H groups in total. The number of aryl methyl sites for hydroxylation is 1. The number of hydrogen-bond acceptors (Lipinski definition) is 4. The first-order chi connectivity index (χ1) is 11.0. The van der Waals surface area contributed by atoms with Crippen LogP contribution in [-0.4, -0.2) is 28.5 Å². The second kappa shape index (κ2) is 6.24. The van der Waals surface area contributed by atoms with E-state index < -0.39 is 11.9 Å². The molecule has 0 aliphatic heterocycles. The highest BCUT2D eigenvalue weighted by Crippen LogP contribution is 2.38. The molecule has 0 spiro atoms. The largest absolute Gasteiger partial charge is 0.481 e. The van der Waals surface area contributed by atoms with Gasteiger partial charge in [-0.05, 0) is 25.5 Å². The van der Waals surface area contributed by atoms with Crippen LogP contribution in [0.25, 0.3) is 11.5 Å². The van der Waals surface area contributed by atoms with E-state index in [2.05, 4.69) is 10.3 Å². The Kier molecular flexibility index (Phi) is 4.14. The molecule has 1 saturated carbocycles. The topological polar surface area (TPSA) is 92.4 Å². The lowest BCUT2D eigenvalue weighted by Crippen LogP contribution is -2.28. The van der Waals surface area contributed by atoms with Gasteiger partial charge in [-0.15, -0.1) is 0 Å². The number of nitrogens with one attached hydrogen (secondary N) is 1. The van der Waals surface area contributed by atoms with Crippen LogP contribution in [0.1, 0.15) is 17.7 Å². The highest BCUT2D eigenvalue weighted by molar-refractivity contribution is 5.89. The number of rotatable bonds is 6. The minimum atomic E-state index is -0.899.